The summed E-state index contributed by atoms with van der Waals surface area (Å²) in [6.07, 6.45) is 6.85. The lowest BCUT2D eigenvalue weighted by atomic mass is 10.5. The molecule has 0 aromatic carbocycles. The molecule has 0 aliphatic heterocycles. The second-order valence-corrected chi connectivity index (χ2v) is 2.55. The Morgan fingerprint density at radius 3 is 3.30 bits per heavy atom. The predicted octanol–water partition coefficient (Wildman–Crippen LogP) is 0.772. The summed E-state index contributed by atoms with van der Waals surface area (Å²) in [5, 5.41) is 3.96. The molecule has 3 nitrogen and oxygen atoms in total. The third kappa shape index (κ3) is 0.613. The second-order valence-electron chi connectivity index (χ2n) is 1.74. The Morgan fingerprint density at radius 2 is 2.60 bits per heavy atom. The summed E-state index contributed by atoms with van der Waals surface area (Å²) >= 11 is 1.47. The molecule has 0 N–H and O–H groups in total. The van der Waals surface area contributed by atoms with Crippen LogP contribution in [0, 0.1) is 12.3 Å². The van der Waals surface area contributed by atoms with Crippen LogP contribution in [0.3, 0.4) is 0 Å². The van der Waals surface area contributed by atoms with Gasteiger partial charge in [-0.3, -0.25) is 0 Å². The summed E-state index contributed by atoms with van der Waals surface area (Å²) in [6.45, 7) is 0. The van der Waals surface area contributed by atoms with E-state index in [1.165, 1.54) is 11.3 Å². The average Bonchev–Trinajstić information content (AvgIpc) is 2.42. The molecule has 0 spiro atoms. The molecule has 2 heterocycles. The third-order valence-electron chi connectivity index (χ3n) is 1.13. The number of imidazole rings is 1. The number of aromatic nitrogens is 3. The van der Waals surface area contributed by atoms with Crippen LogP contribution in [0.1, 0.15) is 5.69 Å². The number of fused-ring (bicyclic) bond motifs is 1. The number of rotatable bonds is 0. The van der Waals surface area contributed by atoms with E-state index in [-0.39, 0.29) is 0 Å². The van der Waals surface area contributed by atoms with Crippen LogP contribution in [-0.4, -0.2) is 14.6 Å². The predicted molar refractivity (Wildman–Crippen MR) is 38.8 cm³/mol. The van der Waals surface area contributed by atoms with Crippen LogP contribution in [0.25, 0.3) is 4.96 Å². The first-order valence-electron chi connectivity index (χ1n) is 2.65. The lowest BCUT2D eigenvalue weighted by molar-refractivity contribution is 0.973. The molecule has 0 saturated carbocycles. The topological polar surface area (TPSA) is 30.2 Å². The summed E-state index contributed by atoms with van der Waals surface area (Å²) in [5.74, 6) is 2.44. The highest BCUT2D eigenvalue weighted by Gasteiger charge is 1.98. The first-order chi connectivity index (χ1) is 4.90. The molecule has 0 radical (unpaired) electrons. The largest absolute Gasteiger partial charge is 0.213 e. The maximum absolute atomic E-state index is 5.12. The molecule has 0 atom stereocenters. The molecular formula is C6H3N3S. The summed E-state index contributed by atoms with van der Waals surface area (Å²) < 4.78 is 1.67. The number of terminal acetylenes is 1. The van der Waals surface area contributed by atoms with E-state index < -0.39 is 0 Å². The molecule has 2 aromatic rings. The molecular weight excluding hydrogens is 146 g/mol. The SMILES string of the molecule is C#Cc1cn2ncsc2n1. The van der Waals surface area contributed by atoms with Crippen molar-refractivity contribution < 1.29 is 0 Å². The van der Waals surface area contributed by atoms with E-state index in [4.69, 9.17) is 6.42 Å². The third-order valence-corrected chi connectivity index (χ3v) is 1.82. The molecule has 0 bridgehead atoms. The van der Waals surface area contributed by atoms with Gasteiger partial charge in [-0.25, -0.2) is 9.50 Å². The minimum atomic E-state index is 0.638. The van der Waals surface area contributed by atoms with Crippen LogP contribution in [0.4, 0.5) is 0 Å². The molecule has 0 aliphatic rings. The van der Waals surface area contributed by atoms with E-state index in [0.717, 1.165) is 4.96 Å². The van der Waals surface area contributed by atoms with Crippen LogP contribution >= 0.6 is 11.3 Å². The zero-order valence-electron chi connectivity index (χ0n) is 4.98. The van der Waals surface area contributed by atoms with Gasteiger partial charge in [0, 0.05) is 0 Å². The Bertz CT molecular complexity index is 364. The number of hydrogen-bond donors (Lipinski definition) is 0. The van der Waals surface area contributed by atoms with Crippen LogP contribution in [0.5, 0.6) is 0 Å². The highest BCUT2D eigenvalue weighted by molar-refractivity contribution is 7.14. The van der Waals surface area contributed by atoms with Crippen LogP contribution in [0.15, 0.2) is 11.7 Å². The Hall–Kier alpha value is -1.34. The smallest absolute Gasteiger partial charge is 0.210 e. The highest BCUT2D eigenvalue weighted by Crippen LogP contribution is 2.06. The fraction of sp³-hybridized carbons (Fsp3) is 0. The van der Waals surface area contributed by atoms with Gasteiger partial charge in [0.15, 0.2) is 0 Å². The van der Waals surface area contributed by atoms with E-state index in [0.29, 0.717) is 5.69 Å². The van der Waals surface area contributed by atoms with E-state index in [9.17, 15) is 0 Å². The van der Waals surface area contributed by atoms with Crippen molar-refractivity contribution in [2.45, 2.75) is 0 Å². The average molecular weight is 149 g/mol. The first kappa shape index (κ1) is 5.45. The van der Waals surface area contributed by atoms with Crippen LogP contribution in [-0.2, 0) is 0 Å². The molecule has 0 aliphatic carbocycles. The van der Waals surface area contributed by atoms with E-state index in [2.05, 4.69) is 16.0 Å². The molecule has 0 fully saturated rings. The number of nitrogens with zero attached hydrogens (tertiary/aromatic N) is 3. The van der Waals surface area contributed by atoms with Gasteiger partial charge in [-0.15, -0.1) is 6.42 Å². The standard InChI is InChI=1S/C6H3N3S/c1-2-5-3-9-6(8-5)10-4-7-9/h1,3-4H. The van der Waals surface area contributed by atoms with Crippen molar-refractivity contribution >= 4 is 16.3 Å². The Kier molecular flexibility index (Phi) is 0.992. The minimum Gasteiger partial charge on any atom is -0.210 e. The molecule has 2 aromatic heterocycles. The molecule has 10 heavy (non-hydrogen) atoms. The lowest BCUT2D eigenvalue weighted by Gasteiger charge is -1.70. The Morgan fingerprint density at radius 1 is 1.70 bits per heavy atom. The van der Waals surface area contributed by atoms with E-state index >= 15 is 0 Å². The van der Waals surface area contributed by atoms with Crippen molar-refractivity contribution in [3.8, 4) is 12.3 Å². The van der Waals surface area contributed by atoms with Gasteiger partial charge in [0.1, 0.15) is 11.2 Å². The molecule has 2 rings (SSSR count). The van der Waals surface area contributed by atoms with Gasteiger partial charge in [-0.1, -0.05) is 11.3 Å². The van der Waals surface area contributed by atoms with Crippen molar-refractivity contribution in [3.05, 3.63) is 17.4 Å². The van der Waals surface area contributed by atoms with E-state index in [1.54, 1.807) is 16.2 Å². The monoisotopic (exact) mass is 149 g/mol. The van der Waals surface area contributed by atoms with Gasteiger partial charge in [-0.05, 0) is 5.92 Å². The van der Waals surface area contributed by atoms with Gasteiger partial charge in [-0.2, -0.15) is 5.10 Å². The zero-order valence-corrected chi connectivity index (χ0v) is 5.80. The molecule has 0 unspecified atom stereocenters. The van der Waals surface area contributed by atoms with Crippen molar-refractivity contribution in [1.29, 1.82) is 0 Å². The minimum absolute atomic E-state index is 0.638. The van der Waals surface area contributed by atoms with Gasteiger partial charge in [0.25, 0.3) is 0 Å². The first-order valence-corrected chi connectivity index (χ1v) is 3.53. The second kappa shape index (κ2) is 1.82. The fourth-order valence-corrected chi connectivity index (χ4v) is 1.31. The van der Waals surface area contributed by atoms with Gasteiger partial charge < -0.3 is 0 Å². The highest BCUT2D eigenvalue weighted by atomic mass is 32.1. The lowest BCUT2D eigenvalue weighted by Crippen LogP contribution is -1.75. The molecule has 4 heteroatoms. The normalized spacial score (nSPS) is 9.90. The van der Waals surface area contributed by atoms with E-state index in [1.807, 2.05) is 0 Å². The summed E-state index contributed by atoms with van der Waals surface area (Å²) in [5.41, 5.74) is 2.36. The maximum atomic E-state index is 5.12. The quantitative estimate of drug-likeness (QED) is 0.518. The van der Waals surface area contributed by atoms with Crippen LogP contribution in [0.2, 0.25) is 0 Å². The summed E-state index contributed by atoms with van der Waals surface area (Å²) in [7, 11) is 0. The van der Waals surface area contributed by atoms with Crippen LogP contribution < -0.4 is 0 Å². The van der Waals surface area contributed by atoms with Gasteiger partial charge >= 0.3 is 0 Å². The Balaban J connectivity index is 2.81. The summed E-state index contributed by atoms with van der Waals surface area (Å²) in [6, 6.07) is 0. The molecule has 0 saturated heterocycles. The number of hydrogen-bond acceptors (Lipinski definition) is 3. The van der Waals surface area contributed by atoms with Gasteiger partial charge in [0.05, 0.1) is 6.20 Å². The van der Waals surface area contributed by atoms with Gasteiger partial charge in [0.2, 0.25) is 4.96 Å². The Labute approximate surface area is 61.3 Å². The van der Waals surface area contributed by atoms with Crippen molar-refractivity contribution in [3.63, 3.8) is 0 Å². The van der Waals surface area contributed by atoms with Crippen molar-refractivity contribution in [2.75, 3.05) is 0 Å². The molecule has 0 amide bonds. The van der Waals surface area contributed by atoms with Crippen molar-refractivity contribution in [2.24, 2.45) is 0 Å². The van der Waals surface area contributed by atoms with Crippen molar-refractivity contribution in [1.82, 2.24) is 14.6 Å². The summed E-state index contributed by atoms with van der Waals surface area (Å²) in [4.78, 5) is 4.91. The zero-order chi connectivity index (χ0) is 6.97. The fourth-order valence-electron chi connectivity index (χ4n) is 0.708. The molecule has 48 valence electrons. The maximum Gasteiger partial charge on any atom is 0.213 e.